The van der Waals surface area contributed by atoms with Crippen LogP contribution in [0.4, 0.5) is 8.78 Å². The lowest BCUT2D eigenvalue weighted by Gasteiger charge is -2.38. The van der Waals surface area contributed by atoms with E-state index in [1.54, 1.807) is 12.1 Å². The number of carbonyl (C=O) groups excluding carboxylic acids is 1. The molecule has 1 aliphatic rings. The molecule has 0 aliphatic carbocycles. The van der Waals surface area contributed by atoms with Gasteiger partial charge in [0.2, 0.25) is 5.91 Å². The predicted octanol–water partition coefficient (Wildman–Crippen LogP) is 4.83. The van der Waals surface area contributed by atoms with Gasteiger partial charge in [0.05, 0.1) is 7.11 Å². The second-order valence-corrected chi connectivity index (χ2v) is 7.68. The molecule has 1 amide bonds. The van der Waals surface area contributed by atoms with E-state index in [1.807, 2.05) is 24.3 Å². The molecule has 5 nitrogen and oxygen atoms in total. The van der Waals surface area contributed by atoms with Gasteiger partial charge in [-0.3, -0.25) is 4.79 Å². The molecular formula is C23H24ClF2NO4. The first-order chi connectivity index (χ1) is 14.9. The number of rotatable bonds is 8. The van der Waals surface area contributed by atoms with Gasteiger partial charge in [0.15, 0.2) is 11.5 Å². The van der Waals surface area contributed by atoms with Gasteiger partial charge in [-0.25, -0.2) is 0 Å². The molecule has 31 heavy (non-hydrogen) atoms. The molecule has 1 heterocycles. The van der Waals surface area contributed by atoms with Gasteiger partial charge >= 0.3 is 6.61 Å². The smallest absolute Gasteiger partial charge is 0.387 e. The summed E-state index contributed by atoms with van der Waals surface area (Å²) >= 11 is 6.18. The SMILES string of the molecule is COc1cc(C=CC(=O)NCC2(c3cccc(Cl)c3)CCOCC2)ccc1OC(F)F. The summed E-state index contributed by atoms with van der Waals surface area (Å²) in [5.74, 6) is -0.174. The third-order valence-corrected chi connectivity index (χ3v) is 5.55. The van der Waals surface area contributed by atoms with Crippen molar-refractivity contribution in [2.45, 2.75) is 24.9 Å². The lowest BCUT2D eigenvalue weighted by molar-refractivity contribution is -0.116. The number of amides is 1. The third-order valence-electron chi connectivity index (χ3n) is 5.32. The Morgan fingerprint density at radius 2 is 2.00 bits per heavy atom. The van der Waals surface area contributed by atoms with E-state index in [-0.39, 0.29) is 22.8 Å². The van der Waals surface area contributed by atoms with Gasteiger partial charge in [0.1, 0.15) is 0 Å². The van der Waals surface area contributed by atoms with Crippen LogP contribution in [0, 0.1) is 0 Å². The van der Waals surface area contributed by atoms with Crippen molar-refractivity contribution >= 4 is 23.6 Å². The average Bonchev–Trinajstić information content (AvgIpc) is 2.77. The number of carbonyl (C=O) groups is 1. The van der Waals surface area contributed by atoms with Crippen LogP contribution in [0.2, 0.25) is 5.02 Å². The molecule has 1 fully saturated rings. The molecule has 1 aliphatic heterocycles. The van der Waals surface area contributed by atoms with E-state index in [2.05, 4.69) is 10.1 Å². The number of benzene rings is 2. The Bertz CT molecular complexity index is 930. The molecule has 0 spiro atoms. The quantitative estimate of drug-likeness (QED) is 0.584. The van der Waals surface area contributed by atoms with Crippen molar-refractivity contribution in [2.24, 2.45) is 0 Å². The largest absolute Gasteiger partial charge is 0.493 e. The van der Waals surface area contributed by atoms with Gasteiger partial charge in [0.25, 0.3) is 0 Å². The van der Waals surface area contributed by atoms with Crippen molar-refractivity contribution in [3.8, 4) is 11.5 Å². The van der Waals surface area contributed by atoms with Crippen molar-refractivity contribution < 1.29 is 27.8 Å². The first-order valence-electron chi connectivity index (χ1n) is 9.84. The maximum atomic E-state index is 12.5. The molecule has 166 valence electrons. The Morgan fingerprint density at radius 3 is 2.68 bits per heavy atom. The zero-order chi connectivity index (χ0) is 22.3. The van der Waals surface area contributed by atoms with E-state index in [4.69, 9.17) is 21.1 Å². The molecule has 0 aromatic heterocycles. The maximum absolute atomic E-state index is 12.5. The van der Waals surface area contributed by atoms with Crippen LogP contribution in [0.25, 0.3) is 6.08 Å². The second kappa shape index (κ2) is 10.6. The summed E-state index contributed by atoms with van der Waals surface area (Å²) < 4.78 is 39.9. The number of hydrogen-bond donors (Lipinski definition) is 1. The van der Waals surface area contributed by atoms with Crippen molar-refractivity contribution in [2.75, 3.05) is 26.9 Å². The molecule has 1 saturated heterocycles. The molecule has 0 radical (unpaired) electrons. The third kappa shape index (κ3) is 6.18. The van der Waals surface area contributed by atoms with Gasteiger partial charge in [-0.2, -0.15) is 8.78 Å². The molecule has 8 heteroatoms. The summed E-state index contributed by atoms with van der Waals surface area (Å²) in [5.41, 5.74) is 1.44. The van der Waals surface area contributed by atoms with Crippen LogP contribution in [-0.2, 0) is 14.9 Å². The lowest BCUT2D eigenvalue weighted by atomic mass is 9.74. The fourth-order valence-corrected chi connectivity index (χ4v) is 3.81. The molecule has 2 aromatic carbocycles. The van der Waals surface area contributed by atoms with E-state index in [1.165, 1.54) is 25.3 Å². The van der Waals surface area contributed by atoms with Crippen LogP contribution >= 0.6 is 11.6 Å². The Labute approximate surface area is 184 Å². The summed E-state index contributed by atoms with van der Waals surface area (Å²) in [4.78, 5) is 12.5. The van der Waals surface area contributed by atoms with Crippen LogP contribution in [0.3, 0.4) is 0 Å². The number of alkyl halides is 2. The molecule has 1 N–H and O–H groups in total. The lowest BCUT2D eigenvalue weighted by Crippen LogP contribution is -2.44. The summed E-state index contributed by atoms with van der Waals surface area (Å²) in [6, 6.07) is 12.2. The van der Waals surface area contributed by atoms with E-state index in [9.17, 15) is 13.6 Å². The highest BCUT2D eigenvalue weighted by atomic mass is 35.5. The Balaban J connectivity index is 1.67. The number of halogens is 3. The molecule has 0 bridgehead atoms. The highest BCUT2D eigenvalue weighted by Gasteiger charge is 2.34. The summed E-state index contributed by atoms with van der Waals surface area (Å²) in [5, 5.41) is 3.62. The topological polar surface area (TPSA) is 56.8 Å². The highest BCUT2D eigenvalue weighted by molar-refractivity contribution is 6.30. The minimum Gasteiger partial charge on any atom is -0.493 e. The molecular weight excluding hydrogens is 428 g/mol. The van der Waals surface area contributed by atoms with E-state index >= 15 is 0 Å². The fourth-order valence-electron chi connectivity index (χ4n) is 3.62. The fraction of sp³-hybridized carbons (Fsp3) is 0.348. The number of nitrogens with one attached hydrogen (secondary N) is 1. The summed E-state index contributed by atoms with van der Waals surface area (Å²) in [6.45, 7) is -1.27. The van der Waals surface area contributed by atoms with Gasteiger partial charge < -0.3 is 19.5 Å². The van der Waals surface area contributed by atoms with Gasteiger partial charge in [0, 0.05) is 36.3 Å². The Kier molecular flexibility index (Phi) is 7.87. The van der Waals surface area contributed by atoms with Crippen LogP contribution in [0.5, 0.6) is 11.5 Å². The minimum absolute atomic E-state index is 0.0675. The van der Waals surface area contributed by atoms with Crippen LogP contribution in [0.1, 0.15) is 24.0 Å². The average molecular weight is 452 g/mol. The Morgan fingerprint density at radius 1 is 1.23 bits per heavy atom. The Hall–Kier alpha value is -2.64. The minimum atomic E-state index is -2.95. The number of ether oxygens (including phenoxy) is 3. The predicted molar refractivity (Wildman–Crippen MR) is 115 cm³/mol. The molecule has 0 unspecified atom stereocenters. The van der Waals surface area contributed by atoms with E-state index in [0.29, 0.717) is 30.3 Å². The van der Waals surface area contributed by atoms with Gasteiger partial charge in [-0.05, 0) is 54.3 Å². The van der Waals surface area contributed by atoms with Crippen molar-refractivity contribution in [1.29, 1.82) is 0 Å². The second-order valence-electron chi connectivity index (χ2n) is 7.24. The summed E-state index contributed by atoms with van der Waals surface area (Å²) in [6.07, 6.45) is 4.54. The van der Waals surface area contributed by atoms with Crippen LogP contribution in [0.15, 0.2) is 48.5 Å². The zero-order valence-corrected chi connectivity index (χ0v) is 17.8. The van der Waals surface area contributed by atoms with Crippen molar-refractivity contribution in [3.63, 3.8) is 0 Å². The molecule has 0 saturated carbocycles. The molecule has 2 aromatic rings. The van der Waals surface area contributed by atoms with E-state index in [0.717, 1.165) is 18.4 Å². The first-order valence-corrected chi connectivity index (χ1v) is 10.2. The van der Waals surface area contributed by atoms with Crippen LogP contribution in [-0.4, -0.2) is 39.4 Å². The number of hydrogen-bond acceptors (Lipinski definition) is 4. The highest BCUT2D eigenvalue weighted by Crippen LogP contribution is 2.35. The van der Waals surface area contributed by atoms with Gasteiger partial charge in [-0.15, -0.1) is 0 Å². The van der Waals surface area contributed by atoms with Gasteiger partial charge in [-0.1, -0.05) is 29.8 Å². The molecule has 3 rings (SSSR count). The standard InChI is InChI=1S/C23H24ClF2NO4/c1-29-20-13-16(5-7-19(20)31-22(25)26)6-8-21(28)27-15-23(9-11-30-12-10-23)17-3-2-4-18(24)14-17/h2-8,13-14,22H,9-12,15H2,1H3,(H,27,28). The number of methoxy groups -OCH3 is 1. The molecule has 0 atom stereocenters. The van der Waals surface area contributed by atoms with Crippen LogP contribution < -0.4 is 14.8 Å². The van der Waals surface area contributed by atoms with Crippen molar-refractivity contribution in [1.82, 2.24) is 5.32 Å². The normalized spacial score (nSPS) is 15.8. The zero-order valence-electron chi connectivity index (χ0n) is 17.1. The monoisotopic (exact) mass is 451 g/mol. The maximum Gasteiger partial charge on any atom is 0.387 e. The summed E-state index contributed by atoms with van der Waals surface area (Å²) in [7, 11) is 1.36. The van der Waals surface area contributed by atoms with E-state index < -0.39 is 6.61 Å². The first kappa shape index (κ1) is 23.0. The van der Waals surface area contributed by atoms with Crippen molar-refractivity contribution in [3.05, 3.63) is 64.7 Å².